The van der Waals surface area contributed by atoms with E-state index in [-0.39, 0.29) is 12.6 Å². The normalized spacial score (nSPS) is 16.8. The van der Waals surface area contributed by atoms with Crippen LogP contribution >= 0.6 is 0 Å². The van der Waals surface area contributed by atoms with Gasteiger partial charge >= 0.3 is 0 Å². The lowest BCUT2D eigenvalue weighted by molar-refractivity contribution is 0.195. The Labute approximate surface area is 160 Å². The minimum Gasteiger partial charge on any atom is -0.394 e. The lowest BCUT2D eigenvalue weighted by atomic mass is 10.1. The molecule has 0 radical (unpaired) electrons. The molecule has 0 spiro atoms. The lowest BCUT2D eigenvalue weighted by Crippen LogP contribution is -2.47. The molecular weight excluding hydrogens is 340 g/mol. The van der Waals surface area contributed by atoms with Gasteiger partial charge < -0.3 is 10.0 Å². The molecule has 1 fully saturated rings. The van der Waals surface area contributed by atoms with E-state index in [4.69, 9.17) is 10.1 Å². The van der Waals surface area contributed by atoms with Crippen LogP contribution in [0.3, 0.4) is 0 Å². The fourth-order valence-electron chi connectivity index (χ4n) is 3.31. The van der Waals surface area contributed by atoms with Gasteiger partial charge in [0.15, 0.2) is 5.82 Å². The molecule has 1 saturated heterocycles. The number of allylic oxidation sites excluding steroid dienone is 1. The van der Waals surface area contributed by atoms with Crippen molar-refractivity contribution in [2.45, 2.75) is 26.4 Å². The van der Waals surface area contributed by atoms with Gasteiger partial charge in [-0.15, -0.1) is 0 Å². The monoisotopic (exact) mass is 368 g/mol. The van der Waals surface area contributed by atoms with Crippen LogP contribution < -0.4 is 4.90 Å². The third kappa shape index (κ3) is 4.61. The summed E-state index contributed by atoms with van der Waals surface area (Å²) in [6.07, 6.45) is 7.22. The fourth-order valence-corrected chi connectivity index (χ4v) is 3.31. The molecule has 0 aliphatic carbocycles. The third-order valence-corrected chi connectivity index (χ3v) is 5.00. The number of anilines is 1. The second-order valence-corrected chi connectivity index (χ2v) is 6.77. The van der Waals surface area contributed by atoms with Gasteiger partial charge in [0, 0.05) is 44.6 Å². The van der Waals surface area contributed by atoms with Crippen LogP contribution in [0.1, 0.15) is 24.2 Å². The molecule has 3 heterocycles. The smallest absolute Gasteiger partial charge is 0.155 e. The number of hydrogen-bond donors (Lipinski definition) is 1. The van der Waals surface area contributed by atoms with Crippen LogP contribution in [0.5, 0.6) is 0 Å². The van der Waals surface area contributed by atoms with Crippen LogP contribution in [0.2, 0.25) is 0 Å². The van der Waals surface area contributed by atoms with Crippen LogP contribution in [0.4, 0.5) is 11.5 Å². The number of aliphatic hydroxyl groups is 1. The van der Waals surface area contributed by atoms with Gasteiger partial charge in [-0.2, -0.15) is 5.10 Å². The standard InChI is InChI=1S/C20H28N6O/c1-4-7-21-20-16(2)5-6-19(23-20)17(3)24-8-10-25(11-9-24)18-14-22-26(15-18)12-13-27/h4-7,14-15,17,27H,1,8-13H2,2-3H3/b21-7-. The van der Waals surface area contributed by atoms with Crippen LogP contribution in [0.25, 0.3) is 0 Å². The van der Waals surface area contributed by atoms with Crippen molar-refractivity contribution in [3.05, 3.63) is 48.4 Å². The molecule has 3 rings (SSSR count). The van der Waals surface area contributed by atoms with Crippen LogP contribution in [0, 0.1) is 6.92 Å². The summed E-state index contributed by atoms with van der Waals surface area (Å²) in [4.78, 5) is 13.9. The third-order valence-electron chi connectivity index (χ3n) is 5.00. The van der Waals surface area contributed by atoms with Gasteiger partial charge in [-0.05, 0) is 25.5 Å². The van der Waals surface area contributed by atoms with Crippen molar-refractivity contribution in [2.75, 3.05) is 37.7 Å². The highest BCUT2D eigenvalue weighted by atomic mass is 16.3. The molecule has 1 unspecified atom stereocenters. The number of aromatic nitrogens is 3. The molecule has 27 heavy (non-hydrogen) atoms. The summed E-state index contributed by atoms with van der Waals surface area (Å²) >= 11 is 0. The predicted molar refractivity (Wildman–Crippen MR) is 109 cm³/mol. The topological polar surface area (TPSA) is 69.8 Å². The molecule has 7 nitrogen and oxygen atoms in total. The zero-order valence-corrected chi connectivity index (χ0v) is 16.1. The molecule has 2 aromatic rings. The van der Waals surface area contributed by atoms with Crippen LogP contribution in [-0.4, -0.2) is 63.8 Å². The first-order valence-corrected chi connectivity index (χ1v) is 9.37. The summed E-state index contributed by atoms with van der Waals surface area (Å²) in [5, 5.41) is 13.3. The van der Waals surface area contributed by atoms with E-state index in [0.29, 0.717) is 6.54 Å². The lowest BCUT2D eigenvalue weighted by Gasteiger charge is -2.38. The van der Waals surface area contributed by atoms with E-state index >= 15 is 0 Å². The van der Waals surface area contributed by atoms with E-state index in [1.54, 1.807) is 17.0 Å². The average Bonchev–Trinajstić information content (AvgIpc) is 3.16. The summed E-state index contributed by atoms with van der Waals surface area (Å²) in [6.45, 7) is 12.4. The summed E-state index contributed by atoms with van der Waals surface area (Å²) in [5.74, 6) is 0.759. The molecular formula is C20H28N6O. The van der Waals surface area contributed by atoms with Crippen molar-refractivity contribution in [2.24, 2.45) is 4.99 Å². The molecule has 1 aliphatic rings. The predicted octanol–water partition coefficient (Wildman–Crippen LogP) is 2.35. The minimum atomic E-state index is 0.106. The number of aliphatic hydroxyl groups excluding tert-OH is 1. The van der Waals surface area contributed by atoms with E-state index in [0.717, 1.165) is 48.9 Å². The van der Waals surface area contributed by atoms with Gasteiger partial charge in [-0.3, -0.25) is 9.58 Å². The maximum Gasteiger partial charge on any atom is 0.155 e. The Morgan fingerprint density at radius 2 is 2.07 bits per heavy atom. The maximum absolute atomic E-state index is 9.03. The van der Waals surface area contributed by atoms with Crippen molar-refractivity contribution in [3.8, 4) is 0 Å². The van der Waals surface area contributed by atoms with E-state index in [1.807, 2.05) is 19.3 Å². The van der Waals surface area contributed by atoms with Crippen molar-refractivity contribution in [1.29, 1.82) is 0 Å². The Morgan fingerprint density at radius 3 is 2.78 bits per heavy atom. The quantitative estimate of drug-likeness (QED) is 0.760. The van der Waals surface area contributed by atoms with Crippen molar-refractivity contribution in [3.63, 3.8) is 0 Å². The maximum atomic E-state index is 9.03. The number of hydrogen-bond acceptors (Lipinski definition) is 6. The molecule has 1 aliphatic heterocycles. The highest BCUT2D eigenvalue weighted by molar-refractivity contribution is 5.73. The van der Waals surface area contributed by atoms with Crippen LogP contribution in [0.15, 0.2) is 42.2 Å². The van der Waals surface area contributed by atoms with Gasteiger partial charge in [0.1, 0.15) is 0 Å². The first-order chi connectivity index (χ1) is 13.1. The zero-order chi connectivity index (χ0) is 19.2. The number of nitrogens with zero attached hydrogens (tertiary/aromatic N) is 6. The van der Waals surface area contributed by atoms with Gasteiger partial charge in [0.2, 0.25) is 0 Å². The van der Waals surface area contributed by atoms with Gasteiger partial charge in [-0.1, -0.05) is 18.7 Å². The fraction of sp³-hybridized carbons (Fsp3) is 0.450. The number of piperazine rings is 1. The van der Waals surface area contributed by atoms with E-state index < -0.39 is 0 Å². The largest absolute Gasteiger partial charge is 0.394 e. The first-order valence-electron chi connectivity index (χ1n) is 9.37. The summed E-state index contributed by atoms with van der Waals surface area (Å²) in [7, 11) is 0. The number of pyridine rings is 1. The Hall–Kier alpha value is -2.51. The van der Waals surface area contributed by atoms with Gasteiger partial charge in [-0.25, -0.2) is 9.98 Å². The molecule has 2 aromatic heterocycles. The summed E-state index contributed by atoms with van der Waals surface area (Å²) in [6, 6.07) is 4.42. The molecule has 0 saturated carbocycles. The van der Waals surface area contributed by atoms with Crippen molar-refractivity contribution < 1.29 is 5.11 Å². The van der Waals surface area contributed by atoms with E-state index in [2.05, 4.69) is 45.5 Å². The Balaban J connectivity index is 1.63. The second-order valence-electron chi connectivity index (χ2n) is 6.77. The Morgan fingerprint density at radius 1 is 1.30 bits per heavy atom. The van der Waals surface area contributed by atoms with Crippen molar-refractivity contribution >= 4 is 17.7 Å². The number of aliphatic imine (C=N–C) groups is 1. The van der Waals surface area contributed by atoms with E-state index in [1.165, 1.54) is 0 Å². The summed E-state index contributed by atoms with van der Waals surface area (Å²) in [5.41, 5.74) is 3.22. The van der Waals surface area contributed by atoms with E-state index in [9.17, 15) is 0 Å². The molecule has 0 bridgehead atoms. The van der Waals surface area contributed by atoms with Gasteiger partial charge in [0.05, 0.1) is 30.7 Å². The van der Waals surface area contributed by atoms with Crippen LogP contribution in [-0.2, 0) is 6.54 Å². The summed E-state index contributed by atoms with van der Waals surface area (Å²) < 4.78 is 1.78. The molecule has 7 heteroatoms. The molecule has 144 valence electrons. The Bertz CT molecular complexity index is 792. The molecule has 1 atom stereocenters. The molecule has 0 aromatic carbocycles. The minimum absolute atomic E-state index is 0.106. The average molecular weight is 368 g/mol. The zero-order valence-electron chi connectivity index (χ0n) is 16.1. The highest BCUT2D eigenvalue weighted by Crippen LogP contribution is 2.25. The highest BCUT2D eigenvalue weighted by Gasteiger charge is 2.24. The second kappa shape index (κ2) is 8.92. The molecule has 0 amide bonds. The SMILES string of the molecule is C=C/C=N\c1nc(C(C)N2CCN(c3cnn(CCO)c3)CC2)ccc1C. The first kappa shape index (κ1) is 19.3. The molecule has 1 N–H and O–H groups in total. The number of aryl methyl sites for hydroxylation is 1. The van der Waals surface area contributed by atoms with Crippen molar-refractivity contribution in [1.82, 2.24) is 19.7 Å². The van der Waals surface area contributed by atoms with Gasteiger partial charge in [0.25, 0.3) is 0 Å². The number of rotatable bonds is 7. The Kier molecular flexibility index (Phi) is 6.36.